The normalized spacial score (nSPS) is 20.6. The maximum absolute atomic E-state index is 6.27. The van der Waals surface area contributed by atoms with Gasteiger partial charge in [-0.05, 0) is 29.4 Å². The molecule has 1 aromatic carbocycles. The van der Waals surface area contributed by atoms with Crippen LogP contribution < -0.4 is 0 Å². The molecule has 1 aliphatic heterocycles. The third kappa shape index (κ3) is 4.06. The molecule has 1 saturated heterocycles. The third-order valence-corrected chi connectivity index (χ3v) is 4.51. The summed E-state index contributed by atoms with van der Waals surface area (Å²) in [6.07, 6.45) is 1.45. The Hall–Kier alpha value is 0.110. The average molecular weight is 291 g/mol. The highest BCUT2D eigenvalue weighted by Gasteiger charge is 2.29. The van der Waals surface area contributed by atoms with E-state index in [1.54, 1.807) is 0 Å². The fourth-order valence-electron chi connectivity index (χ4n) is 1.79. The molecule has 2 unspecified atom stereocenters. The summed E-state index contributed by atoms with van der Waals surface area (Å²) in [6.45, 7) is 5.30. The number of ether oxygens (including phenoxy) is 1. The zero-order valence-electron chi connectivity index (χ0n) is 9.95. The Balaban J connectivity index is 2.17. The van der Waals surface area contributed by atoms with Gasteiger partial charge in [-0.2, -0.15) is 11.8 Å². The van der Waals surface area contributed by atoms with Crippen molar-refractivity contribution in [2.45, 2.75) is 36.9 Å². The van der Waals surface area contributed by atoms with Crippen LogP contribution in [-0.4, -0.2) is 18.0 Å². The number of hydrogen-bond acceptors (Lipinski definition) is 2. The van der Waals surface area contributed by atoms with Gasteiger partial charge < -0.3 is 4.74 Å². The summed E-state index contributed by atoms with van der Waals surface area (Å²) in [5, 5.41) is 2.42. The van der Waals surface area contributed by atoms with E-state index in [2.05, 4.69) is 13.8 Å². The first-order valence-corrected chi connectivity index (χ1v) is 7.48. The van der Waals surface area contributed by atoms with Crippen molar-refractivity contribution >= 4 is 35.0 Å². The first-order valence-electron chi connectivity index (χ1n) is 5.78. The number of halogens is 2. The van der Waals surface area contributed by atoms with Crippen molar-refractivity contribution in [3.8, 4) is 0 Å². The molecule has 94 valence electrons. The lowest BCUT2D eigenvalue weighted by Crippen LogP contribution is -2.03. The molecule has 1 aromatic rings. The molecule has 1 nitrogen and oxygen atoms in total. The van der Waals surface area contributed by atoms with E-state index in [9.17, 15) is 0 Å². The van der Waals surface area contributed by atoms with Crippen molar-refractivity contribution in [3.05, 3.63) is 33.8 Å². The molecule has 2 atom stereocenters. The lowest BCUT2D eigenvalue weighted by molar-refractivity contribution is 0.395. The van der Waals surface area contributed by atoms with Gasteiger partial charge in [0.25, 0.3) is 0 Å². The van der Waals surface area contributed by atoms with Crippen molar-refractivity contribution in [2.24, 2.45) is 0 Å². The lowest BCUT2D eigenvalue weighted by Gasteiger charge is -2.19. The van der Waals surface area contributed by atoms with Gasteiger partial charge in [-0.15, -0.1) is 0 Å². The van der Waals surface area contributed by atoms with Crippen molar-refractivity contribution in [1.82, 2.24) is 0 Å². The maximum atomic E-state index is 6.27. The number of thioether (sulfide) groups is 1. The van der Waals surface area contributed by atoms with Gasteiger partial charge in [0.15, 0.2) is 0 Å². The third-order valence-electron chi connectivity index (χ3n) is 2.63. The first-order chi connectivity index (χ1) is 8.06. The van der Waals surface area contributed by atoms with Crippen molar-refractivity contribution < 1.29 is 4.74 Å². The first kappa shape index (κ1) is 13.5. The molecular weight excluding hydrogens is 275 g/mol. The van der Waals surface area contributed by atoms with E-state index in [-0.39, 0.29) is 0 Å². The molecule has 0 radical (unpaired) electrons. The Morgan fingerprint density at radius 1 is 1.41 bits per heavy atom. The lowest BCUT2D eigenvalue weighted by atomic mass is 10.1. The number of rotatable bonds is 5. The number of hydrogen-bond donors (Lipinski definition) is 0. The van der Waals surface area contributed by atoms with Gasteiger partial charge in [0, 0.05) is 15.3 Å². The topological polar surface area (TPSA) is 12.5 Å². The van der Waals surface area contributed by atoms with Crippen molar-refractivity contribution in [3.63, 3.8) is 0 Å². The van der Waals surface area contributed by atoms with Crippen LogP contribution in [0.5, 0.6) is 0 Å². The summed E-state index contributed by atoms with van der Waals surface area (Å²) in [6, 6.07) is 5.76. The molecular formula is C13H16Cl2OS. The Bertz CT molecular complexity index is 387. The molecule has 1 aliphatic rings. The Morgan fingerprint density at radius 2 is 2.12 bits per heavy atom. The van der Waals surface area contributed by atoms with Gasteiger partial charge >= 0.3 is 0 Å². The minimum Gasteiger partial charge on any atom is -0.373 e. The summed E-state index contributed by atoms with van der Waals surface area (Å²) in [7, 11) is 0. The largest absolute Gasteiger partial charge is 0.373 e. The standard InChI is InChI=1S/C13H16Cl2OS/c1-8(2)17-13(6-10-7-16-10)11-4-3-9(14)5-12(11)15/h3-5,8,10,13H,6-7H2,1-2H3. The predicted octanol–water partition coefficient (Wildman–Crippen LogP) is 4.97. The molecule has 0 amide bonds. The van der Waals surface area contributed by atoms with Crippen LogP contribution in [0.2, 0.25) is 10.0 Å². The van der Waals surface area contributed by atoms with Crippen LogP contribution >= 0.6 is 35.0 Å². The van der Waals surface area contributed by atoms with E-state index in [1.807, 2.05) is 30.0 Å². The molecule has 0 aliphatic carbocycles. The molecule has 0 saturated carbocycles. The molecule has 0 N–H and O–H groups in total. The summed E-state index contributed by atoms with van der Waals surface area (Å²) >= 11 is 14.1. The van der Waals surface area contributed by atoms with E-state index < -0.39 is 0 Å². The van der Waals surface area contributed by atoms with E-state index in [0.717, 1.165) is 18.1 Å². The molecule has 17 heavy (non-hydrogen) atoms. The molecule has 1 fully saturated rings. The minimum atomic E-state index is 0.396. The second-order valence-corrected chi connectivity index (χ2v) is 7.16. The van der Waals surface area contributed by atoms with Crippen molar-refractivity contribution in [2.75, 3.05) is 6.61 Å². The predicted molar refractivity (Wildman–Crippen MR) is 76.3 cm³/mol. The van der Waals surface area contributed by atoms with Crippen LogP contribution in [0, 0.1) is 0 Å². The van der Waals surface area contributed by atoms with Crippen molar-refractivity contribution in [1.29, 1.82) is 0 Å². The summed E-state index contributed by atoms with van der Waals surface area (Å²) < 4.78 is 5.32. The van der Waals surface area contributed by atoms with Crippen LogP contribution in [0.4, 0.5) is 0 Å². The Morgan fingerprint density at radius 3 is 2.65 bits per heavy atom. The van der Waals surface area contributed by atoms with Crippen LogP contribution in [0.3, 0.4) is 0 Å². The van der Waals surface area contributed by atoms with Gasteiger partial charge in [0.05, 0.1) is 12.7 Å². The SMILES string of the molecule is CC(C)SC(CC1CO1)c1ccc(Cl)cc1Cl. The van der Waals surface area contributed by atoms with E-state index in [4.69, 9.17) is 27.9 Å². The highest BCUT2D eigenvalue weighted by atomic mass is 35.5. The molecule has 4 heteroatoms. The highest BCUT2D eigenvalue weighted by Crippen LogP contribution is 2.42. The zero-order chi connectivity index (χ0) is 12.4. The van der Waals surface area contributed by atoms with Crippen LogP contribution in [0.25, 0.3) is 0 Å². The second kappa shape index (κ2) is 5.83. The van der Waals surface area contributed by atoms with E-state index in [1.165, 1.54) is 5.56 Å². The number of benzene rings is 1. The molecule has 1 heterocycles. The van der Waals surface area contributed by atoms with Gasteiger partial charge in [0.1, 0.15) is 0 Å². The van der Waals surface area contributed by atoms with Gasteiger partial charge in [-0.25, -0.2) is 0 Å². The van der Waals surface area contributed by atoms with E-state index in [0.29, 0.717) is 21.6 Å². The fraction of sp³-hybridized carbons (Fsp3) is 0.538. The summed E-state index contributed by atoms with van der Waals surface area (Å²) in [5.41, 5.74) is 1.17. The Labute approximate surface area is 117 Å². The molecule has 0 bridgehead atoms. The monoisotopic (exact) mass is 290 g/mol. The molecule has 2 rings (SSSR count). The fourth-order valence-corrected chi connectivity index (χ4v) is 3.73. The van der Waals surface area contributed by atoms with Crippen LogP contribution in [0.1, 0.15) is 31.1 Å². The van der Waals surface area contributed by atoms with Gasteiger partial charge in [-0.3, -0.25) is 0 Å². The highest BCUT2D eigenvalue weighted by molar-refractivity contribution is 8.00. The summed E-state index contributed by atoms with van der Waals surface area (Å²) in [4.78, 5) is 0. The van der Waals surface area contributed by atoms with Gasteiger partial charge in [-0.1, -0.05) is 43.1 Å². The van der Waals surface area contributed by atoms with E-state index >= 15 is 0 Å². The Kier molecular flexibility index (Phi) is 4.65. The minimum absolute atomic E-state index is 0.396. The number of epoxide rings is 1. The molecule has 0 spiro atoms. The quantitative estimate of drug-likeness (QED) is 0.710. The second-order valence-electron chi connectivity index (χ2n) is 4.53. The van der Waals surface area contributed by atoms with Gasteiger partial charge in [0.2, 0.25) is 0 Å². The van der Waals surface area contributed by atoms with Crippen LogP contribution in [0.15, 0.2) is 18.2 Å². The average Bonchev–Trinajstić information content (AvgIpc) is 3.00. The molecule has 0 aromatic heterocycles. The maximum Gasteiger partial charge on any atom is 0.0823 e. The van der Waals surface area contributed by atoms with Crippen LogP contribution in [-0.2, 0) is 4.74 Å². The smallest absolute Gasteiger partial charge is 0.0823 e. The zero-order valence-corrected chi connectivity index (χ0v) is 12.3. The summed E-state index contributed by atoms with van der Waals surface area (Å²) in [5.74, 6) is 0.